The second-order valence-corrected chi connectivity index (χ2v) is 10.1. The Bertz CT molecular complexity index is 934. The van der Waals surface area contributed by atoms with Gasteiger partial charge in [-0.2, -0.15) is 0 Å². The SMILES string of the molecule is Cc1c(C)c(C)c(S(=O)(=O)NCC2CCN(Cc3ccncc3)CC2)c(C)c1C. The summed E-state index contributed by atoms with van der Waals surface area (Å²) in [5.41, 5.74) is 6.32. The van der Waals surface area contributed by atoms with Gasteiger partial charge in [-0.25, -0.2) is 13.1 Å². The van der Waals surface area contributed by atoms with Crippen molar-refractivity contribution >= 4 is 10.0 Å². The number of pyridine rings is 1. The van der Waals surface area contributed by atoms with Gasteiger partial charge in [0, 0.05) is 25.5 Å². The van der Waals surface area contributed by atoms with Crippen LogP contribution in [-0.4, -0.2) is 37.9 Å². The van der Waals surface area contributed by atoms with Crippen molar-refractivity contribution in [3.8, 4) is 0 Å². The maximum atomic E-state index is 13.1. The summed E-state index contributed by atoms with van der Waals surface area (Å²) in [6.07, 6.45) is 5.68. The van der Waals surface area contributed by atoms with Gasteiger partial charge in [-0.1, -0.05) is 0 Å². The van der Waals surface area contributed by atoms with E-state index in [0.717, 1.165) is 54.7 Å². The molecule has 0 spiro atoms. The minimum atomic E-state index is -3.52. The Hall–Kier alpha value is -1.76. The number of nitrogens with zero attached hydrogens (tertiary/aromatic N) is 2. The van der Waals surface area contributed by atoms with Crippen molar-refractivity contribution in [2.45, 2.75) is 58.9 Å². The Morgan fingerprint density at radius 2 is 1.45 bits per heavy atom. The molecule has 2 aromatic rings. The third-order valence-electron chi connectivity index (χ3n) is 6.62. The van der Waals surface area contributed by atoms with Gasteiger partial charge in [-0.15, -0.1) is 0 Å². The summed E-state index contributed by atoms with van der Waals surface area (Å²) in [6.45, 7) is 13.3. The highest BCUT2D eigenvalue weighted by Crippen LogP contribution is 2.29. The highest BCUT2D eigenvalue weighted by atomic mass is 32.2. The first kappa shape index (κ1) is 21.9. The fourth-order valence-corrected chi connectivity index (χ4v) is 5.98. The fraction of sp³-hybridized carbons (Fsp3) is 0.522. The number of aromatic nitrogens is 1. The lowest BCUT2D eigenvalue weighted by Gasteiger charge is -2.32. The van der Waals surface area contributed by atoms with Crippen LogP contribution in [0.25, 0.3) is 0 Å². The molecule has 0 saturated carbocycles. The smallest absolute Gasteiger partial charge is 0.241 e. The van der Waals surface area contributed by atoms with Gasteiger partial charge in [0.05, 0.1) is 4.90 Å². The number of benzene rings is 1. The van der Waals surface area contributed by atoms with E-state index in [-0.39, 0.29) is 0 Å². The van der Waals surface area contributed by atoms with Crippen molar-refractivity contribution in [2.24, 2.45) is 5.92 Å². The number of hydrogen-bond acceptors (Lipinski definition) is 4. The van der Waals surface area contributed by atoms with Gasteiger partial charge < -0.3 is 0 Å². The zero-order valence-corrected chi connectivity index (χ0v) is 19.1. The largest absolute Gasteiger partial charge is 0.299 e. The van der Waals surface area contributed by atoms with Crippen LogP contribution in [-0.2, 0) is 16.6 Å². The molecule has 1 saturated heterocycles. The highest BCUT2D eigenvalue weighted by Gasteiger charge is 2.26. The predicted octanol–water partition coefficient (Wildman–Crippen LogP) is 3.81. The molecule has 5 nitrogen and oxygen atoms in total. The van der Waals surface area contributed by atoms with Crippen LogP contribution in [0.3, 0.4) is 0 Å². The maximum Gasteiger partial charge on any atom is 0.241 e. The minimum Gasteiger partial charge on any atom is -0.299 e. The van der Waals surface area contributed by atoms with Gasteiger partial charge in [0.2, 0.25) is 10.0 Å². The van der Waals surface area contributed by atoms with E-state index in [0.29, 0.717) is 17.4 Å². The van der Waals surface area contributed by atoms with Crippen molar-refractivity contribution in [2.75, 3.05) is 19.6 Å². The Kier molecular flexibility index (Phi) is 6.76. The first-order chi connectivity index (χ1) is 13.7. The first-order valence-electron chi connectivity index (χ1n) is 10.4. The van der Waals surface area contributed by atoms with Gasteiger partial charge >= 0.3 is 0 Å². The number of likely N-dealkylation sites (tertiary alicyclic amines) is 1. The molecule has 0 unspecified atom stereocenters. The van der Waals surface area contributed by atoms with Crippen LogP contribution >= 0.6 is 0 Å². The molecule has 0 aliphatic carbocycles. The van der Waals surface area contributed by atoms with Crippen molar-refractivity contribution in [1.29, 1.82) is 0 Å². The van der Waals surface area contributed by atoms with Crippen molar-refractivity contribution in [3.63, 3.8) is 0 Å². The quantitative estimate of drug-likeness (QED) is 0.779. The normalized spacial score (nSPS) is 16.3. The molecule has 1 aliphatic rings. The number of hydrogen-bond donors (Lipinski definition) is 1. The third-order valence-corrected chi connectivity index (χ3v) is 8.32. The zero-order valence-electron chi connectivity index (χ0n) is 18.2. The van der Waals surface area contributed by atoms with E-state index in [4.69, 9.17) is 0 Å². The second kappa shape index (κ2) is 8.94. The molecule has 3 rings (SSSR count). The van der Waals surface area contributed by atoms with Gasteiger partial charge in [-0.3, -0.25) is 9.88 Å². The molecule has 1 aliphatic heterocycles. The van der Waals surface area contributed by atoms with Crippen LogP contribution in [0.2, 0.25) is 0 Å². The van der Waals surface area contributed by atoms with Crippen LogP contribution in [0.4, 0.5) is 0 Å². The van der Waals surface area contributed by atoms with Crippen LogP contribution in [0.15, 0.2) is 29.4 Å². The monoisotopic (exact) mass is 415 g/mol. The summed E-state index contributed by atoms with van der Waals surface area (Å²) in [5, 5.41) is 0. The molecule has 158 valence electrons. The lowest BCUT2D eigenvalue weighted by atomic mass is 9.95. The van der Waals surface area contributed by atoms with Crippen molar-refractivity contribution in [1.82, 2.24) is 14.6 Å². The number of sulfonamides is 1. The van der Waals surface area contributed by atoms with Gasteiger partial charge in [0.25, 0.3) is 0 Å². The molecule has 6 heteroatoms. The van der Waals surface area contributed by atoms with E-state index >= 15 is 0 Å². The van der Waals surface area contributed by atoms with Gasteiger partial charge in [-0.05, 0) is 112 Å². The second-order valence-electron chi connectivity index (χ2n) is 8.38. The molecular formula is C23H33N3O2S. The van der Waals surface area contributed by atoms with Gasteiger partial charge in [0.15, 0.2) is 0 Å². The summed E-state index contributed by atoms with van der Waals surface area (Å²) in [7, 11) is -3.52. The molecule has 0 amide bonds. The Morgan fingerprint density at radius 3 is 2.00 bits per heavy atom. The summed E-state index contributed by atoms with van der Waals surface area (Å²) >= 11 is 0. The summed E-state index contributed by atoms with van der Waals surface area (Å²) < 4.78 is 29.1. The fourth-order valence-electron chi connectivity index (χ4n) is 4.26. The summed E-state index contributed by atoms with van der Waals surface area (Å²) in [4.78, 5) is 6.96. The number of piperidine rings is 1. The van der Waals surface area contributed by atoms with Crippen LogP contribution in [0.5, 0.6) is 0 Å². The number of rotatable bonds is 6. The lowest BCUT2D eigenvalue weighted by molar-refractivity contribution is 0.178. The highest BCUT2D eigenvalue weighted by molar-refractivity contribution is 7.89. The standard InChI is InChI=1S/C23H33N3O2S/c1-16-17(2)19(4)23(20(5)18(16)3)29(27,28)25-14-21-8-12-26(13-9-21)15-22-6-10-24-11-7-22/h6-7,10-11,21,25H,8-9,12-15H2,1-5H3. The third kappa shape index (κ3) is 4.87. The van der Waals surface area contributed by atoms with E-state index in [2.05, 4.69) is 33.7 Å². The molecular weight excluding hydrogens is 382 g/mol. The molecule has 2 heterocycles. The van der Waals surface area contributed by atoms with Crippen LogP contribution < -0.4 is 4.72 Å². The molecule has 1 N–H and O–H groups in total. The average Bonchev–Trinajstić information content (AvgIpc) is 2.71. The van der Waals surface area contributed by atoms with E-state index < -0.39 is 10.0 Å². The average molecular weight is 416 g/mol. The molecule has 0 atom stereocenters. The van der Waals surface area contributed by atoms with Crippen molar-refractivity contribution < 1.29 is 8.42 Å². The summed E-state index contributed by atoms with van der Waals surface area (Å²) in [5.74, 6) is 0.381. The van der Waals surface area contributed by atoms with Crippen molar-refractivity contribution in [3.05, 3.63) is 57.9 Å². The molecule has 0 radical (unpaired) electrons. The Morgan fingerprint density at radius 1 is 0.931 bits per heavy atom. The van der Waals surface area contributed by atoms with E-state index in [1.807, 2.05) is 40.1 Å². The van der Waals surface area contributed by atoms with E-state index in [1.54, 1.807) is 0 Å². The topological polar surface area (TPSA) is 62.3 Å². The lowest BCUT2D eigenvalue weighted by Crippen LogP contribution is -2.38. The number of nitrogens with one attached hydrogen (secondary N) is 1. The molecule has 29 heavy (non-hydrogen) atoms. The van der Waals surface area contributed by atoms with Crippen LogP contribution in [0, 0.1) is 40.5 Å². The van der Waals surface area contributed by atoms with E-state index in [9.17, 15) is 8.42 Å². The zero-order chi connectivity index (χ0) is 21.2. The predicted molar refractivity (Wildman–Crippen MR) is 118 cm³/mol. The maximum absolute atomic E-state index is 13.1. The van der Waals surface area contributed by atoms with E-state index in [1.165, 1.54) is 11.1 Å². The molecule has 0 bridgehead atoms. The van der Waals surface area contributed by atoms with Gasteiger partial charge in [0.1, 0.15) is 0 Å². The molecule has 1 fully saturated rings. The first-order valence-corrected chi connectivity index (χ1v) is 11.9. The Labute approximate surface area is 175 Å². The molecule has 1 aromatic heterocycles. The van der Waals surface area contributed by atoms with Crippen LogP contribution in [0.1, 0.15) is 46.2 Å². The molecule has 1 aromatic carbocycles. The minimum absolute atomic E-state index is 0.381. The summed E-state index contributed by atoms with van der Waals surface area (Å²) in [6, 6.07) is 4.10. The Balaban J connectivity index is 1.61.